The molecule has 1 atom stereocenters. The number of nitrogens with zero attached hydrogens (tertiary/aromatic N) is 3. The van der Waals surface area contributed by atoms with E-state index in [0.717, 1.165) is 19.3 Å². The van der Waals surface area contributed by atoms with E-state index in [-0.39, 0.29) is 36.3 Å². The van der Waals surface area contributed by atoms with E-state index >= 15 is 0 Å². The lowest BCUT2D eigenvalue weighted by molar-refractivity contribution is -0.135. The molecular weight excluding hydrogens is 316 g/mol. The minimum atomic E-state index is 0. The van der Waals surface area contributed by atoms with Gasteiger partial charge in [0.15, 0.2) is 0 Å². The van der Waals surface area contributed by atoms with Gasteiger partial charge in [0.2, 0.25) is 5.91 Å². The molecule has 0 spiro atoms. The summed E-state index contributed by atoms with van der Waals surface area (Å²) >= 11 is 0. The molecule has 2 N–H and O–H groups in total. The maximum atomic E-state index is 12.5. The van der Waals surface area contributed by atoms with Crippen molar-refractivity contribution in [3.05, 3.63) is 0 Å². The predicted molar refractivity (Wildman–Crippen MR) is 95.7 cm³/mol. The van der Waals surface area contributed by atoms with E-state index in [4.69, 9.17) is 5.73 Å². The van der Waals surface area contributed by atoms with Crippen molar-refractivity contribution in [2.75, 3.05) is 40.8 Å². The second-order valence-electron chi connectivity index (χ2n) is 6.89. The molecule has 0 aromatic rings. The third-order valence-corrected chi connectivity index (χ3v) is 4.53. The van der Waals surface area contributed by atoms with E-state index in [1.165, 1.54) is 0 Å². The molecule has 3 amide bonds. The Kier molecular flexibility index (Phi) is 9.54. The van der Waals surface area contributed by atoms with Crippen LogP contribution in [0.5, 0.6) is 0 Å². The fraction of sp³-hybridized carbons (Fsp3) is 0.875. The zero-order valence-electron chi connectivity index (χ0n) is 15.1. The number of rotatable bonds is 5. The fourth-order valence-electron chi connectivity index (χ4n) is 2.70. The van der Waals surface area contributed by atoms with Crippen LogP contribution >= 0.6 is 12.4 Å². The number of hydrogen-bond donors (Lipinski definition) is 1. The Bertz CT molecular complexity index is 382. The number of halogens is 1. The lowest BCUT2D eigenvalue weighted by atomic mass is 9.95. The molecule has 23 heavy (non-hydrogen) atoms. The highest BCUT2D eigenvalue weighted by Crippen LogP contribution is 2.20. The number of amides is 3. The van der Waals surface area contributed by atoms with Gasteiger partial charge in [-0.05, 0) is 25.2 Å². The van der Waals surface area contributed by atoms with Crippen molar-refractivity contribution in [1.29, 1.82) is 0 Å². The van der Waals surface area contributed by atoms with Gasteiger partial charge in [-0.1, -0.05) is 13.8 Å². The smallest absolute Gasteiger partial charge is 0.319 e. The normalized spacial score (nSPS) is 16.7. The summed E-state index contributed by atoms with van der Waals surface area (Å²) < 4.78 is 0. The highest BCUT2D eigenvalue weighted by atomic mass is 35.5. The van der Waals surface area contributed by atoms with Crippen LogP contribution in [0.3, 0.4) is 0 Å². The summed E-state index contributed by atoms with van der Waals surface area (Å²) in [6.45, 7) is 6.22. The molecule has 1 rings (SSSR count). The van der Waals surface area contributed by atoms with Crippen LogP contribution in [0.2, 0.25) is 0 Å². The van der Waals surface area contributed by atoms with Gasteiger partial charge in [-0.25, -0.2) is 4.79 Å². The van der Waals surface area contributed by atoms with Crippen molar-refractivity contribution in [2.24, 2.45) is 17.6 Å². The third kappa shape index (κ3) is 6.55. The molecule has 0 bridgehead atoms. The van der Waals surface area contributed by atoms with Crippen LogP contribution in [0.15, 0.2) is 0 Å². The number of likely N-dealkylation sites (tertiary alicyclic amines) is 1. The molecule has 1 aliphatic rings. The summed E-state index contributed by atoms with van der Waals surface area (Å²) in [7, 11) is 5.36. The number of hydrogen-bond acceptors (Lipinski definition) is 3. The third-order valence-electron chi connectivity index (χ3n) is 4.53. The van der Waals surface area contributed by atoms with Gasteiger partial charge in [0, 0.05) is 52.7 Å². The monoisotopic (exact) mass is 348 g/mol. The molecule has 7 heteroatoms. The topological polar surface area (TPSA) is 69.9 Å². The number of urea groups is 1. The van der Waals surface area contributed by atoms with Gasteiger partial charge in [0.05, 0.1) is 0 Å². The molecular formula is C16H33ClN4O2. The summed E-state index contributed by atoms with van der Waals surface area (Å²) in [5, 5.41) is 0. The van der Waals surface area contributed by atoms with Gasteiger partial charge < -0.3 is 20.4 Å². The van der Waals surface area contributed by atoms with Crippen molar-refractivity contribution in [3.63, 3.8) is 0 Å². The molecule has 1 unspecified atom stereocenters. The average Bonchev–Trinajstić information content (AvgIpc) is 2.50. The van der Waals surface area contributed by atoms with E-state index in [1.807, 2.05) is 11.9 Å². The zero-order chi connectivity index (χ0) is 16.9. The Labute approximate surface area is 146 Å². The lowest BCUT2D eigenvalue weighted by Crippen LogP contribution is -2.47. The fourth-order valence-corrected chi connectivity index (χ4v) is 2.70. The van der Waals surface area contributed by atoms with Crippen LogP contribution in [0, 0.1) is 11.8 Å². The minimum Gasteiger partial charge on any atom is -0.345 e. The quantitative estimate of drug-likeness (QED) is 0.821. The number of nitrogens with two attached hydrogens (primary N) is 1. The molecule has 0 radical (unpaired) electrons. The molecule has 1 fully saturated rings. The molecule has 1 aliphatic heterocycles. The molecule has 0 aromatic carbocycles. The first kappa shape index (κ1) is 22.0. The van der Waals surface area contributed by atoms with Crippen LogP contribution in [0.1, 0.15) is 33.1 Å². The Balaban J connectivity index is 0.00000484. The van der Waals surface area contributed by atoms with Gasteiger partial charge >= 0.3 is 6.03 Å². The van der Waals surface area contributed by atoms with Gasteiger partial charge in [0.1, 0.15) is 0 Å². The largest absolute Gasteiger partial charge is 0.345 e. The van der Waals surface area contributed by atoms with Gasteiger partial charge in [-0.3, -0.25) is 4.79 Å². The summed E-state index contributed by atoms with van der Waals surface area (Å²) in [5.41, 5.74) is 6.04. The van der Waals surface area contributed by atoms with E-state index in [1.54, 1.807) is 23.9 Å². The van der Waals surface area contributed by atoms with E-state index in [2.05, 4.69) is 13.8 Å². The van der Waals surface area contributed by atoms with Crippen molar-refractivity contribution in [2.45, 2.75) is 39.2 Å². The molecule has 0 saturated carbocycles. The molecule has 1 saturated heterocycles. The zero-order valence-corrected chi connectivity index (χ0v) is 15.9. The van der Waals surface area contributed by atoms with Crippen LogP contribution in [-0.2, 0) is 4.79 Å². The maximum absolute atomic E-state index is 12.5. The first-order valence-corrected chi connectivity index (χ1v) is 8.20. The summed E-state index contributed by atoms with van der Waals surface area (Å²) in [4.78, 5) is 29.6. The van der Waals surface area contributed by atoms with Crippen LogP contribution in [0.4, 0.5) is 4.79 Å². The maximum Gasteiger partial charge on any atom is 0.319 e. The average molecular weight is 349 g/mol. The number of carbonyl (C=O) groups excluding carboxylic acids is 2. The van der Waals surface area contributed by atoms with Gasteiger partial charge in [-0.15, -0.1) is 12.4 Å². The SMILES string of the molecule is CC(C)C(N)CCN(C)C(=O)C1CCN(C(=O)N(C)C)CC1.Cl. The summed E-state index contributed by atoms with van der Waals surface area (Å²) in [5.74, 6) is 0.656. The molecule has 136 valence electrons. The highest BCUT2D eigenvalue weighted by molar-refractivity contribution is 5.85. The van der Waals surface area contributed by atoms with Crippen LogP contribution < -0.4 is 5.73 Å². The Morgan fingerprint density at radius 1 is 1.17 bits per heavy atom. The molecule has 0 aliphatic carbocycles. The minimum absolute atomic E-state index is 0. The highest BCUT2D eigenvalue weighted by Gasteiger charge is 2.29. The first-order valence-electron chi connectivity index (χ1n) is 8.20. The second kappa shape index (κ2) is 9.98. The summed E-state index contributed by atoms with van der Waals surface area (Å²) in [6, 6.07) is 0.164. The lowest BCUT2D eigenvalue weighted by Gasteiger charge is -2.34. The van der Waals surface area contributed by atoms with E-state index in [0.29, 0.717) is 25.6 Å². The predicted octanol–water partition coefficient (Wildman–Crippen LogP) is 1.63. The van der Waals surface area contributed by atoms with Crippen molar-refractivity contribution in [1.82, 2.24) is 14.7 Å². The molecule has 6 nitrogen and oxygen atoms in total. The Hall–Kier alpha value is -1.01. The molecule has 1 heterocycles. The second-order valence-corrected chi connectivity index (χ2v) is 6.89. The number of carbonyl (C=O) groups is 2. The van der Waals surface area contributed by atoms with E-state index in [9.17, 15) is 9.59 Å². The van der Waals surface area contributed by atoms with E-state index < -0.39 is 0 Å². The first-order chi connectivity index (χ1) is 10.2. The Morgan fingerprint density at radius 3 is 2.13 bits per heavy atom. The molecule has 0 aromatic heterocycles. The van der Waals surface area contributed by atoms with Crippen molar-refractivity contribution in [3.8, 4) is 0 Å². The van der Waals surface area contributed by atoms with Crippen LogP contribution in [0.25, 0.3) is 0 Å². The Morgan fingerprint density at radius 2 is 1.70 bits per heavy atom. The standard InChI is InChI=1S/C16H32N4O2.ClH/c1-12(2)14(17)8-9-19(5)15(21)13-6-10-20(11-7-13)16(22)18(3)4;/h12-14H,6-11,17H2,1-5H3;1H. The van der Waals surface area contributed by atoms with Gasteiger partial charge in [-0.2, -0.15) is 0 Å². The summed E-state index contributed by atoms with van der Waals surface area (Å²) in [6.07, 6.45) is 2.33. The van der Waals surface area contributed by atoms with Gasteiger partial charge in [0.25, 0.3) is 0 Å². The van der Waals surface area contributed by atoms with Crippen molar-refractivity contribution < 1.29 is 9.59 Å². The van der Waals surface area contributed by atoms with Crippen molar-refractivity contribution >= 4 is 24.3 Å². The number of piperidine rings is 1. The van der Waals surface area contributed by atoms with Crippen LogP contribution in [-0.4, -0.2) is 73.5 Å².